The summed E-state index contributed by atoms with van der Waals surface area (Å²) in [5.74, 6) is 5.47. The number of nitrogens with zero attached hydrogens (tertiary/aromatic N) is 1. The summed E-state index contributed by atoms with van der Waals surface area (Å²) in [7, 11) is 1.48. The molecule has 4 heteroatoms. The van der Waals surface area contributed by atoms with E-state index >= 15 is 0 Å². The zero-order valence-corrected chi connectivity index (χ0v) is 6.69. The molecular formula is C8H10N2O2. The summed E-state index contributed by atoms with van der Waals surface area (Å²) in [6.07, 6.45) is 1.47. The molecule has 4 nitrogen and oxygen atoms in total. The second-order valence-electron chi connectivity index (χ2n) is 2.21. The topological polar surface area (TPSA) is 67.8 Å². The van der Waals surface area contributed by atoms with Crippen molar-refractivity contribution < 1.29 is 9.84 Å². The van der Waals surface area contributed by atoms with Crippen LogP contribution in [0, 0.1) is 0 Å². The van der Waals surface area contributed by atoms with Crippen molar-refractivity contribution in [3.8, 4) is 11.5 Å². The number of nitrogens with two attached hydrogens (primary N) is 1. The number of phenols is 1. The molecule has 0 radical (unpaired) electrons. The second-order valence-corrected chi connectivity index (χ2v) is 2.21. The number of hydrogen-bond acceptors (Lipinski definition) is 4. The van der Waals surface area contributed by atoms with Crippen LogP contribution >= 0.6 is 0 Å². The highest BCUT2D eigenvalue weighted by molar-refractivity contribution is 5.80. The van der Waals surface area contributed by atoms with E-state index in [0.717, 1.165) is 5.56 Å². The molecule has 1 aromatic rings. The standard InChI is InChI=1S/C8H10N2O2/c1-12-8-4-6(5-10-9)2-3-7(8)11/h2-5,11H,9H2,1H3/b10-5-. The molecule has 0 saturated carbocycles. The number of aromatic hydroxyl groups is 1. The molecule has 0 saturated heterocycles. The molecular weight excluding hydrogens is 156 g/mol. The van der Waals surface area contributed by atoms with Gasteiger partial charge in [-0.2, -0.15) is 5.10 Å². The molecule has 0 aliphatic carbocycles. The number of hydrazone groups is 1. The number of rotatable bonds is 2. The first-order valence-electron chi connectivity index (χ1n) is 3.38. The van der Waals surface area contributed by atoms with Crippen molar-refractivity contribution >= 4 is 6.21 Å². The summed E-state index contributed by atoms with van der Waals surface area (Å²) in [6, 6.07) is 4.86. The van der Waals surface area contributed by atoms with Gasteiger partial charge in [-0.3, -0.25) is 0 Å². The first-order valence-corrected chi connectivity index (χ1v) is 3.38. The summed E-state index contributed by atoms with van der Waals surface area (Å²) in [5, 5.41) is 12.6. The van der Waals surface area contributed by atoms with Gasteiger partial charge in [0.15, 0.2) is 11.5 Å². The van der Waals surface area contributed by atoms with Gasteiger partial charge >= 0.3 is 0 Å². The smallest absolute Gasteiger partial charge is 0.161 e. The van der Waals surface area contributed by atoms with Gasteiger partial charge in [-0.15, -0.1) is 0 Å². The Morgan fingerprint density at radius 3 is 2.92 bits per heavy atom. The van der Waals surface area contributed by atoms with E-state index in [0.29, 0.717) is 5.75 Å². The van der Waals surface area contributed by atoms with Crippen LogP contribution in [0.15, 0.2) is 23.3 Å². The highest BCUT2D eigenvalue weighted by Gasteiger charge is 1.99. The van der Waals surface area contributed by atoms with Gasteiger partial charge in [0, 0.05) is 0 Å². The van der Waals surface area contributed by atoms with Crippen molar-refractivity contribution in [2.75, 3.05) is 7.11 Å². The molecule has 1 aromatic carbocycles. The maximum Gasteiger partial charge on any atom is 0.161 e. The van der Waals surface area contributed by atoms with E-state index in [1.165, 1.54) is 19.4 Å². The maximum absolute atomic E-state index is 9.20. The molecule has 1 rings (SSSR count). The molecule has 0 unspecified atom stereocenters. The van der Waals surface area contributed by atoms with Crippen molar-refractivity contribution in [2.24, 2.45) is 10.9 Å². The minimum atomic E-state index is 0.103. The first kappa shape index (κ1) is 8.39. The quantitative estimate of drug-likeness (QED) is 0.386. The molecule has 0 amide bonds. The predicted molar refractivity (Wildman–Crippen MR) is 46.4 cm³/mol. The van der Waals surface area contributed by atoms with Gasteiger partial charge in [0.2, 0.25) is 0 Å². The highest BCUT2D eigenvalue weighted by Crippen LogP contribution is 2.25. The fourth-order valence-corrected chi connectivity index (χ4v) is 0.861. The van der Waals surface area contributed by atoms with Crippen molar-refractivity contribution in [1.29, 1.82) is 0 Å². The molecule has 0 heterocycles. The van der Waals surface area contributed by atoms with E-state index in [2.05, 4.69) is 5.10 Å². The van der Waals surface area contributed by atoms with E-state index in [1.807, 2.05) is 0 Å². The van der Waals surface area contributed by atoms with E-state index in [-0.39, 0.29) is 5.75 Å². The summed E-state index contributed by atoms with van der Waals surface area (Å²) in [6.45, 7) is 0. The third-order valence-corrected chi connectivity index (χ3v) is 1.43. The van der Waals surface area contributed by atoms with Crippen LogP contribution in [0.5, 0.6) is 11.5 Å². The Balaban J connectivity index is 3.05. The Kier molecular flexibility index (Phi) is 2.53. The molecule has 0 aliphatic rings. The number of hydrogen-bond donors (Lipinski definition) is 2. The SMILES string of the molecule is COc1cc(/C=N\N)ccc1O. The van der Waals surface area contributed by atoms with Crippen molar-refractivity contribution in [1.82, 2.24) is 0 Å². The Bertz CT molecular complexity index is 297. The van der Waals surface area contributed by atoms with Crippen LogP contribution in [0.2, 0.25) is 0 Å². The van der Waals surface area contributed by atoms with Gasteiger partial charge in [-0.25, -0.2) is 0 Å². The molecule has 3 N–H and O–H groups in total. The Labute approximate surface area is 70.3 Å². The molecule has 0 bridgehead atoms. The summed E-state index contributed by atoms with van der Waals surface area (Å²) in [4.78, 5) is 0. The molecule has 12 heavy (non-hydrogen) atoms. The minimum absolute atomic E-state index is 0.103. The van der Waals surface area contributed by atoms with Crippen molar-refractivity contribution in [2.45, 2.75) is 0 Å². The van der Waals surface area contributed by atoms with E-state index in [4.69, 9.17) is 10.6 Å². The monoisotopic (exact) mass is 166 g/mol. The molecule has 0 fully saturated rings. The van der Waals surface area contributed by atoms with Gasteiger partial charge in [0.1, 0.15) is 0 Å². The maximum atomic E-state index is 9.20. The third kappa shape index (κ3) is 1.66. The Morgan fingerprint density at radius 2 is 2.33 bits per heavy atom. The van der Waals surface area contributed by atoms with E-state index < -0.39 is 0 Å². The third-order valence-electron chi connectivity index (χ3n) is 1.43. The average Bonchev–Trinajstić information content (AvgIpc) is 2.09. The van der Waals surface area contributed by atoms with Crippen molar-refractivity contribution in [3.63, 3.8) is 0 Å². The Morgan fingerprint density at radius 1 is 1.58 bits per heavy atom. The van der Waals surface area contributed by atoms with Crippen LogP contribution < -0.4 is 10.6 Å². The number of ether oxygens (including phenoxy) is 1. The molecule has 0 atom stereocenters. The van der Waals surface area contributed by atoms with Crippen LogP contribution in [0.3, 0.4) is 0 Å². The number of methoxy groups -OCH3 is 1. The van der Waals surface area contributed by atoms with Crippen LogP contribution in [0.1, 0.15) is 5.56 Å². The predicted octanol–water partition coefficient (Wildman–Crippen LogP) is 0.693. The van der Waals surface area contributed by atoms with Crippen LogP contribution in [0.25, 0.3) is 0 Å². The van der Waals surface area contributed by atoms with Gasteiger partial charge in [0.25, 0.3) is 0 Å². The second kappa shape index (κ2) is 3.61. The van der Waals surface area contributed by atoms with E-state index in [1.54, 1.807) is 12.1 Å². The van der Waals surface area contributed by atoms with Gasteiger partial charge < -0.3 is 15.7 Å². The van der Waals surface area contributed by atoms with Crippen molar-refractivity contribution in [3.05, 3.63) is 23.8 Å². The normalized spacial score (nSPS) is 10.4. The summed E-state index contributed by atoms with van der Waals surface area (Å²) in [5.41, 5.74) is 0.784. The molecule has 64 valence electrons. The molecule has 0 aromatic heterocycles. The molecule has 0 spiro atoms. The highest BCUT2D eigenvalue weighted by atomic mass is 16.5. The first-order chi connectivity index (χ1) is 5.77. The summed E-state index contributed by atoms with van der Waals surface area (Å²) >= 11 is 0. The lowest BCUT2D eigenvalue weighted by Gasteiger charge is -2.02. The lowest BCUT2D eigenvalue weighted by atomic mass is 10.2. The minimum Gasteiger partial charge on any atom is -0.504 e. The van der Waals surface area contributed by atoms with Gasteiger partial charge in [-0.05, 0) is 23.8 Å². The summed E-state index contributed by atoms with van der Waals surface area (Å²) < 4.78 is 4.88. The average molecular weight is 166 g/mol. The fourth-order valence-electron chi connectivity index (χ4n) is 0.861. The largest absolute Gasteiger partial charge is 0.504 e. The van der Waals surface area contributed by atoms with Crippen LogP contribution in [0.4, 0.5) is 0 Å². The fraction of sp³-hybridized carbons (Fsp3) is 0.125. The van der Waals surface area contributed by atoms with E-state index in [9.17, 15) is 5.11 Å². The number of phenolic OH excluding ortho intramolecular Hbond substituents is 1. The van der Waals surface area contributed by atoms with Crippen LogP contribution in [-0.2, 0) is 0 Å². The molecule has 0 aliphatic heterocycles. The van der Waals surface area contributed by atoms with Gasteiger partial charge in [0.05, 0.1) is 13.3 Å². The zero-order valence-electron chi connectivity index (χ0n) is 6.69. The van der Waals surface area contributed by atoms with Gasteiger partial charge in [-0.1, -0.05) is 0 Å². The lowest BCUT2D eigenvalue weighted by molar-refractivity contribution is 0.373. The number of benzene rings is 1. The van der Waals surface area contributed by atoms with Crippen LogP contribution in [-0.4, -0.2) is 18.4 Å². The Hall–Kier alpha value is -1.71. The zero-order chi connectivity index (χ0) is 8.97. The lowest BCUT2D eigenvalue weighted by Crippen LogP contribution is -1.89.